The fourth-order valence-corrected chi connectivity index (χ4v) is 3.58. The van der Waals surface area contributed by atoms with Gasteiger partial charge in [-0.3, -0.25) is 4.79 Å². The molecule has 0 atom stereocenters. The van der Waals surface area contributed by atoms with Crippen LogP contribution in [-0.4, -0.2) is 51.6 Å². The summed E-state index contributed by atoms with van der Waals surface area (Å²) in [6.07, 6.45) is 4.94. The van der Waals surface area contributed by atoms with Gasteiger partial charge >= 0.3 is 0 Å². The van der Waals surface area contributed by atoms with E-state index in [1.807, 2.05) is 22.5 Å². The highest BCUT2D eigenvalue weighted by molar-refractivity contribution is 7.20. The summed E-state index contributed by atoms with van der Waals surface area (Å²) in [5, 5.41) is 5.51. The number of hydrogen-bond donors (Lipinski definition) is 0. The summed E-state index contributed by atoms with van der Waals surface area (Å²) in [5.74, 6) is 0.0259. The number of carbonyl (C=O) groups excluding carboxylic acids is 1. The maximum absolute atomic E-state index is 12.3. The number of fused-ring (bicyclic) bond motifs is 1. The molecule has 0 aliphatic carbocycles. The van der Waals surface area contributed by atoms with Gasteiger partial charge in [-0.15, -0.1) is 5.10 Å². The largest absolute Gasteiger partial charge is 0.472 e. The van der Waals surface area contributed by atoms with E-state index in [0.29, 0.717) is 18.7 Å². The number of nitrogens with zero attached hydrogens (tertiary/aromatic N) is 5. The molecular formula is C14H15N5O2S. The molecule has 8 heteroatoms. The molecule has 4 heterocycles. The fourth-order valence-electron chi connectivity index (χ4n) is 2.60. The molecule has 1 aliphatic rings. The summed E-state index contributed by atoms with van der Waals surface area (Å²) < 4.78 is 6.79. The van der Waals surface area contributed by atoms with E-state index in [1.165, 1.54) is 12.5 Å². The second-order valence-electron chi connectivity index (χ2n) is 5.29. The zero-order chi connectivity index (χ0) is 15.1. The molecule has 7 nitrogen and oxygen atoms in total. The van der Waals surface area contributed by atoms with Crippen LogP contribution < -0.4 is 4.90 Å². The van der Waals surface area contributed by atoms with Gasteiger partial charge in [0.2, 0.25) is 10.1 Å². The highest BCUT2D eigenvalue weighted by Gasteiger charge is 2.24. The second-order valence-corrected chi connectivity index (χ2v) is 6.22. The molecule has 1 amide bonds. The maximum Gasteiger partial charge on any atom is 0.257 e. The van der Waals surface area contributed by atoms with Gasteiger partial charge in [0.15, 0.2) is 0 Å². The number of anilines is 1. The Morgan fingerprint density at radius 3 is 2.82 bits per heavy atom. The molecule has 0 unspecified atom stereocenters. The third-order valence-corrected chi connectivity index (χ3v) is 4.74. The molecule has 1 aliphatic heterocycles. The van der Waals surface area contributed by atoms with Gasteiger partial charge < -0.3 is 14.2 Å². The summed E-state index contributed by atoms with van der Waals surface area (Å²) in [4.78, 5) is 21.6. The molecule has 0 radical (unpaired) electrons. The molecule has 4 rings (SSSR count). The first-order chi connectivity index (χ1) is 10.7. The van der Waals surface area contributed by atoms with Gasteiger partial charge in [0, 0.05) is 26.2 Å². The Hall–Kier alpha value is -2.35. The van der Waals surface area contributed by atoms with Crippen molar-refractivity contribution < 1.29 is 9.21 Å². The summed E-state index contributed by atoms with van der Waals surface area (Å²) in [5.41, 5.74) is 1.58. The molecule has 0 bridgehead atoms. The van der Waals surface area contributed by atoms with Crippen molar-refractivity contribution in [2.24, 2.45) is 0 Å². The Bertz CT molecular complexity index is 767. The van der Waals surface area contributed by atoms with Crippen molar-refractivity contribution in [3.63, 3.8) is 0 Å². The van der Waals surface area contributed by atoms with Gasteiger partial charge in [-0.1, -0.05) is 11.3 Å². The predicted molar refractivity (Wildman–Crippen MR) is 82.4 cm³/mol. The number of hydrogen-bond acceptors (Lipinski definition) is 6. The lowest BCUT2D eigenvalue weighted by molar-refractivity contribution is 0.0746. The van der Waals surface area contributed by atoms with Crippen LogP contribution in [0.25, 0.3) is 4.96 Å². The Balaban J connectivity index is 1.45. The van der Waals surface area contributed by atoms with Gasteiger partial charge in [0.1, 0.15) is 6.26 Å². The van der Waals surface area contributed by atoms with E-state index in [1.54, 1.807) is 17.4 Å². The maximum atomic E-state index is 12.3. The SMILES string of the molecule is Cc1cn2nc(N3CCN(C(=O)c4ccoc4)CC3)sc2n1. The van der Waals surface area contributed by atoms with Crippen molar-refractivity contribution in [2.75, 3.05) is 31.1 Å². The summed E-state index contributed by atoms with van der Waals surface area (Å²) in [6.45, 7) is 4.88. The number of aryl methyl sites for hydroxylation is 1. The highest BCUT2D eigenvalue weighted by atomic mass is 32.1. The Labute approximate surface area is 130 Å². The minimum atomic E-state index is 0.0259. The number of aromatic nitrogens is 3. The van der Waals surface area contributed by atoms with Gasteiger partial charge in [-0.2, -0.15) is 0 Å². The van der Waals surface area contributed by atoms with Crippen molar-refractivity contribution >= 4 is 27.3 Å². The molecule has 1 fully saturated rings. The van der Waals surface area contributed by atoms with Crippen LogP contribution in [0.3, 0.4) is 0 Å². The summed E-state index contributed by atoms with van der Waals surface area (Å²) >= 11 is 1.58. The number of carbonyl (C=O) groups is 1. The molecule has 22 heavy (non-hydrogen) atoms. The third-order valence-electron chi connectivity index (χ3n) is 3.76. The van der Waals surface area contributed by atoms with Crippen LogP contribution in [0.5, 0.6) is 0 Å². The molecule has 114 valence electrons. The van der Waals surface area contributed by atoms with E-state index in [0.717, 1.165) is 28.9 Å². The van der Waals surface area contributed by atoms with E-state index in [9.17, 15) is 4.79 Å². The van der Waals surface area contributed by atoms with E-state index >= 15 is 0 Å². The molecule has 0 aromatic carbocycles. The quantitative estimate of drug-likeness (QED) is 0.719. The van der Waals surface area contributed by atoms with Gasteiger partial charge in [0.05, 0.1) is 23.7 Å². The van der Waals surface area contributed by atoms with Gasteiger partial charge in [-0.05, 0) is 13.0 Å². The van der Waals surface area contributed by atoms with Crippen LogP contribution in [0.2, 0.25) is 0 Å². The second kappa shape index (κ2) is 5.13. The summed E-state index contributed by atoms with van der Waals surface area (Å²) in [7, 11) is 0. The molecule has 0 spiro atoms. The van der Waals surface area contributed by atoms with E-state index in [4.69, 9.17) is 4.42 Å². The van der Waals surface area contributed by atoms with E-state index in [2.05, 4.69) is 15.0 Å². The molecule has 0 saturated carbocycles. The molecule has 3 aromatic rings. The van der Waals surface area contributed by atoms with Crippen LogP contribution in [0, 0.1) is 6.92 Å². The Kier molecular flexibility index (Phi) is 3.11. The van der Waals surface area contributed by atoms with Crippen LogP contribution in [0.1, 0.15) is 16.1 Å². The zero-order valence-corrected chi connectivity index (χ0v) is 12.9. The first kappa shape index (κ1) is 13.3. The smallest absolute Gasteiger partial charge is 0.257 e. The highest BCUT2D eigenvalue weighted by Crippen LogP contribution is 2.24. The van der Waals surface area contributed by atoms with Gasteiger partial charge in [0.25, 0.3) is 5.91 Å². The van der Waals surface area contributed by atoms with Gasteiger partial charge in [-0.25, -0.2) is 9.50 Å². The Morgan fingerprint density at radius 2 is 2.14 bits per heavy atom. The first-order valence-corrected chi connectivity index (χ1v) is 7.91. The Morgan fingerprint density at radius 1 is 1.32 bits per heavy atom. The van der Waals surface area contributed by atoms with Crippen LogP contribution in [-0.2, 0) is 0 Å². The lowest BCUT2D eigenvalue weighted by atomic mass is 10.2. The van der Waals surface area contributed by atoms with Crippen molar-refractivity contribution in [2.45, 2.75) is 6.92 Å². The number of piperazine rings is 1. The molecule has 0 N–H and O–H groups in total. The van der Waals surface area contributed by atoms with Crippen molar-refractivity contribution in [1.82, 2.24) is 19.5 Å². The van der Waals surface area contributed by atoms with Crippen molar-refractivity contribution in [1.29, 1.82) is 0 Å². The topological polar surface area (TPSA) is 66.9 Å². The lowest BCUT2D eigenvalue weighted by Crippen LogP contribution is -2.48. The van der Waals surface area contributed by atoms with Crippen LogP contribution >= 0.6 is 11.3 Å². The first-order valence-electron chi connectivity index (χ1n) is 7.10. The standard InChI is InChI=1S/C14H15N5O2S/c1-10-8-19-13(15-10)22-14(16-19)18-5-3-17(4-6-18)12(20)11-2-7-21-9-11/h2,7-9H,3-6H2,1H3. The number of amides is 1. The van der Waals surface area contributed by atoms with Crippen LogP contribution in [0.15, 0.2) is 29.2 Å². The van der Waals surface area contributed by atoms with Crippen LogP contribution in [0.4, 0.5) is 5.13 Å². The number of imidazole rings is 1. The average Bonchev–Trinajstić information content (AvgIpc) is 3.22. The summed E-state index contributed by atoms with van der Waals surface area (Å²) in [6, 6.07) is 1.70. The molecule has 1 saturated heterocycles. The van der Waals surface area contributed by atoms with Crippen molar-refractivity contribution in [3.8, 4) is 0 Å². The monoisotopic (exact) mass is 317 g/mol. The van der Waals surface area contributed by atoms with Crippen molar-refractivity contribution in [3.05, 3.63) is 36.0 Å². The lowest BCUT2D eigenvalue weighted by Gasteiger charge is -2.34. The third kappa shape index (κ3) is 2.25. The molecular weight excluding hydrogens is 302 g/mol. The fraction of sp³-hybridized carbons (Fsp3) is 0.357. The molecule has 3 aromatic heterocycles. The van der Waals surface area contributed by atoms with E-state index < -0.39 is 0 Å². The van der Waals surface area contributed by atoms with E-state index in [-0.39, 0.29) is 5.91 Å². The number of furan rings is 1. The normalized spacial score (nSPS) is 15.7. The zero-order valence-electron chi connectivity index (χ0n) is 12.1. The predicted octanol–water partition coefficient (Wildman–Crippen LogP) is 1.65. The average molecular weight is 317 g/mol. The number of rotatable bonds is 2. The minimum absolute atomic E-state index is 0.0259. The minimum Gasteiger partial charge on any atom is -0.472 e.